The number of benzene rings is 1. The van der Waals surface area contributed by atoms with Crippen LogP contribution in [0.3, 0.4) is 0 Å². The zero-order valence-electron chi connectivity index (χ0n) is 13.9. The van der Waals surface area contributed by atoms with Crippen molar-refractivity contribution in [2.75, 3.05) is 11.1 Å². The SMILES string of the molecule is CCc1cc2[nH]c(=O)n(NS(C)(=O)=O)c(=O)c2cc1-c1ccnn1C. The lowest BCUT2D eigenvalue weighted by Gasteiger charge is -2.12. The second-order valence-electron chi connectivity index (χ2n) is 5.68. The predicted molar refractivity (Wildman–Crippen MR) is 94.6 cm³/mol. The lowest BCUT2D eigenvalue weighted by atomic mass is 10.00. The van der Waals surface area contributed by atoms with Gasteiger partial charge in [0, 0.05) is 18.8 Å². The number of aromatic amines is 1. The monoisotopic (exact) mass is 363 g/mol. The Labute approximate surface area is 142 Å². The van der Waals surface area contributed by atoms with E-state index in [1.807, 2.05) is 17.8 Å². The second kappa shape index (κ2) is 5.88. The lowest BCUT2D eigenvalue weighted by Crippen LogP contribution is -2.43. The molecule has 0 bridgehead atoms. The largest absolute Gasteiger partial charge is 0.348 e. The molecule has 0 unspecified atom stereocenters. The Kier molecular flexibility index (Phi) is 3.99. The van der Waals surface area contributed by atoms with E-state index in [-0.39, 0.29) is 5.39 Å². The van der Waals surface area contributed by atoms with Crippen molar-refractivity contribution < 1.29 is 8.42 Å². The molecule has 1 aromatic carbocycles. The summed E-state index contributed by atoms with van der Waals surface area (Å²) in [5.41, 5.74) is 1.30. The zero-order chi connectivity index (χ0) is 18.4. The van der Waals surface area contributed by atoms with Crippen LogP contribution in [0.4, 0.5) is 0 Å². The minimum Gasteiger partial charge on any atom is -0.305 e. The van der Waals surface area contributed by atoms with Crippen molar-refractivity contribution in [3.8, 4) is 11.3 Å². The molecule has 0 amide bonds. The van der Waals surface area contributed by atoms with Crippen molar-refractivity contribution in [3.05, 3.63) is 50.8 Å². The first-order chi connectivity index (χ1) is 11.7. The van der Waals surface area contributed by atoms with Gasteiger partial charge >= 0.3 is 5.69 Å². The third-order valence-corrected chi connectivity index (χ3v) is 4.37. The first-order valence-corrected chi connectivity index (χ1v) is 9.38. The number of hydrogen-bond donors (Lipinski definition) is 2. The van der Waals surface area contributed by atoms with Gasteiger partial charge in [-0.15, -0.1) is 0 Å². The molecule has 3 aromatic rings. The van der Waals surface area contributed by atoms with Gasteiger partial charge in [-0.05, 0) is 30.2 Å². The number of aryl methyl sites for hydroxylation is 2. The molecule has 0 spiro atoms. The second-order valence-corrected chi connectivity index (χ2v) is 7.41. The maximum absolute atomic E-state index is 12.6. The summed E-state index contributed by atoms with van der Waals surface area (Å²) in [5, 5.41) is 4.33. The Bertz CT molecular complexity index is 1190. The van der Waals surface area contributed by atoms with Crippen molar-refractivity contribution in [2.45, 2.75) is 13.3 Å². The van der Waals surface area contributed by atoms with Crippen molar-refractivity contribution in [2.24, 2.45) is 7.05 Å². The highest BCUT2D eigenvalue weighted by atomic mass is 32.2. The Balaban J connectivity index is 2.36. The lowest BCUT2D eigenvalue weighted by molar-refractivity contribution is 0.598. The van der Waals surface area contributed by atoms with E-state index in [0.29, 0.717) is 16.6 Å². The summed E-state index contributed by atoms with van der Waals surface area (Å²) in [6, 6.07) is 5.19. The zero-order valence-corrected chi connectivity index (χ0v) is 14.7. The van der Waals surface area contributed by atoms with Crippen LogP contribution in [-0.2, 0) is 23.5 Å². The molecule has 3 rings (SSSR count). The molecule has 0 aliphatic rings. The molecule has 9 nitrogen and oxygen atoms in total. The summed E-state index contributed by atoms with van der Waals surface area (Å²) < 4.78 is 24.9. The van der Waals surface area contributed by atoms with Gasteiger partial charge in [0.05, 0.1) is 22.9 Å². The Morgan fingerprint density at radius 2 is 2.00 bits per heavy atom. The minimum absolute atomic E-state index is 0.198. The Hall–Kier alpha value is -2.88. The fraction of sp³-hybridized carbons (Fsp3) is 0.267. The van der Waals surface area contributed by atoms with Crippen LogP contribution in [0.15, 0.2) is 34.0 Å². The van der Waals surface area contributed by atoms with Crippen LogP contribution in [0.5, 0.6) is 0 Å². The molecular weight excluding hydrogens is 346 g/mol. The van der Waals surface area contributed by atoms with Crippen LogP contribution in [0.25, 0.3) is 22.2 Å². The van der Waals surface area contributed by atoms with Gasteiger partial charge in [-0.1, -0.05) is 6.92 Å². The van der Waals surface area contributed by atoms with E-state index in [4.69, 9.17) is 0 Å². The highest BCUT2D eigenvalue weighted by Gasteiger charge is 2.15. The van der Waals surface area contributed by atoms with E-state index in [0.717, 1.165) is 23.1 Å². The number of sulfonamides is 1. The number of nitrogens with zero attached hydrogens (tertiary/aromatic N) is 3. The number of hydrogen-bond acceptors (Lipinski definition) is 5. The Morgan fingerprint density at radius 1 is 1.28 bits per heavy atom. The molecule has 0 fully saturated rings. The molecule has 0 radical (unpaired) electrons. The van der Waals surface area contributed by atoms with E-state index in [1.165, 1.54) is 0 Å². The molecule has 25 heavy (non-hydrogen) atoms. The fourth-order valence-corrected chi connectivity index (χ4v) is 3.22. The average Bonchev–Trinajstić information content (AvgIpc) is 2.95. The smallest absolute Gasteiger partial charge is 0.305 e. The molecular formula is C15H17N5O4S. The summed E-state index contributed by atoms with van der Waals surface area (Å²) in [6.07, 6.45) is 3.20. The average molecular weight is 363 g/mol. The molecule has 0 aliphatic heterocycles. The van der Waals surface area contributed by atoms with Crippen molar-refractivity contribution >= 4 is 20.9 Å². The number of fused-ring (bicyclic) bond motifs is 1. The van der Waals surface area contributed by atoms with Crippen molar-refractivity contribution in [1.29, 1.82) is 0 Å². The van der Waals surface area contributed by atoms with E-state index >= 15 is 0 Å². The molecule has 2 aromatic heterocycles. The van der Waals surface area contributed by atoms with Crippen LogP contribution >= 0.6 is 0 Å². The highest BCUT2D eigenvalue weighted by molar-refractivity contribution is 7.91. The summed E-state index contributed by atoms with van der Waals surface area (Å²) >= 11 is 0. The van der Waals surface area contributed by atoms with Crippen LogP contribution in [0.1, 0.15) is 12.5 Å². The molecule has 0 atom stereocenters. The third kappa shape index (κ3) is 3.07. The van der Waals surface area contributed by atoms with E-state index in [9.17, 15) is 18.0 Å². The quantitative estimate of drug-likeness (QED) is 0.684. The van der Waals surface area contributed by atoms with Crippen LogP contribution in [0.2, 0.25) is 0 Å². The van der Waals surface area contributed by atoms with Crippen LogP contribution < -0.4 is 16.1 Å². The topological polar surface area (TPSA) is 119 Å². The number of rotatable bonds is 4. The summed E-state index contributed by atoms with van der Waals surface area (Å²) in [6.45, 7) is 1.96. The number of nitrogens with one attached hydrogen (secondary N) is 2. The molecule has 0 saturated carbocycles. The first kappa shape index (κ1) is 17.0. The van der Waals surface area contributed by atoms with Crippen molar-refractivity contribution in [3.63, 3.8) is 0 Å². The minimum atomic E-state index is -3.78. The van der Waals surface area contributed by atoms with E-state index < -0.39 is 21.3 Å². The van der Waals surface area contributed by atoms with E-state index in [2.05, 4.69) is 10.1 Å². The molecule has 0 aliphatic carbocycles. The molecule has 132 valence electrons. The summed E-state index contributed by atoms with van der Waals surface area (Å²) in [7, 11) is -2.00. The van der Waals surface area contributed by atoms with E-state index in [1.54, 1.807) is 30.1 Å². The van der Waals surface area contributed by atoms with Gasteiger partial charge in [0.15, 0.2) is 0 Å². The maximum atomic E-state index is 12.6. The van der Waals surface area contributed by atoms with Gasteiger partial charge in [0.2, 0.25) is 10.0 Å². The van der Waals surface area contributed by atoms with Gasteiger partial charge in [0.25, 0.3) is 5.56 Å². The third-order valence-electron chi connectivity index (χ3n) is 3.86. The normalized spacial score (nSPS) is 11.8. The number of H-pyrrole nitrogens is 1. The summed E-state index contributed by atoms with van der Waals surface area (Å²) in [5.74, 6) is 0. The van der Waals surface area contributed by atoms with Crippen LogP contribution in [0, 0.1) is 0 Å². The van der Waals surface area contributed by atoms with Gasteiger partial charge in [-0.25, -0.2) is 18.0 Å². The van der Waals surface area contributed by atoms with Crippen molar-refractivity contribution in [1.82, 2.24) is 19.4 Å². The summed E-state index contributed by atoms with van der Waals surface area (Å²) in [4.78, 5) is 29.2. The van der Waals surface area contributed by atoms with Gasteiger partial charge in [-0.3, -0.25) is 9.48 Å². The highest BCUT2D eigenvalue weighted by Crippen LogP contribution is 2.26. The van der Waals surface area contributed by atoms with Gasteiger partial charge < -0.3 is 4.98 Å². The van der Waals surface area contributed by atoms with Crippen LogP contribution in [-0.4, -0.2) is 34.1 Å². The Morgan fingerprint density at radius 3 is 2.56 bits per heavy atom. The molecule has 2 heterocycles. The fourth-order valence-electron chi connectivity index (χ4n) is 2.73. The molecule has 0 saturated heterocycles. The predicted octanol–water partition coefficient (Wildman–Crippen LogP) is 0.156. The number of aromatic nitrogens is 4. The van der Waals surface area contributed by atoms with Gasteiger partial charge in [0.1, 0.15) is 0 Å². The maximum Gasteiger partial charge on any atom is 0.348 e. The standard InChI is InChI=1S/C15H17N5O4S/c1-4-9-7-12-11(8-10(9)13-5-6-16-19(13)2)14(21)20(15(22)17-12)18-25(3,23)24/h5-8,18H,4H2,1-3H3,(H,17,22). The molecule has 2 N–H and O–H groups in total. The molecule has 10 heteroatoms. The first-order valence-electron chi connectivity index (χ1n) is 7.49. The van der Waals surface area contributed by atoms with Gasteiger partial charge in [-0.2, -0.15) is 9.77 Å².